The Bertz CT molecular complexity index is 967. The first-order valence-corrected chi connectivity index (χ1v) is 7.74. The smallest absolute Gasteiger partial charge is 0.258 e. The summed E-state index contributed by atoms with van der Waals surface area (Å²) in [5.41, 5.74) is 0.588. The van der Waals surface area contributed by atoms with E-state index in [1.54, 1.807) is 36.4 Å². The van der Waals surface area contributed by atoms with Crippen LogP contribution < -0.4 is 15.0 Å². The van der Waals surface area contributed by atoms with Crippen molar-refractivity contribution >= 4 is 10.8 Å². The Labute approximate surface area is 143 Å². The summed E-state index contributed by atoms with van der Waals surface area (Å²) >= 11 is 0. The molecule has 0 aliphatic carbocycles. The number of aliphatic hydroxyl groups excluding tert-OH is 2. The Morgan fingerprint density at radius 1 is 1.28 bits per heavy atom. The normalized spacial score (nSPS) is 12.3. The number of nitrogens with zero attached hydrogens (tertiary/aromatic N) is 2. The molecule has 7 heteroatoms. The molecule has 0 fully saturated rings. The molecule has 2 N–H and O–H groups in total. The van der Waals surface area contributed by atoms with E-state index in [-0.39, 0.29) is 12.1 Å². The van der Waals surface area contributed by atoms with Gasteiger partial charge in [-0.3, -0.25) is 4.79 Å². The standard InChI is InChI=1S/C18H18N2O5/c1-25-13-5-6-14-15(8-13)16(17-4-2-3-7-20(17)24)10-19(18(14)23)9-12(22)11-21/h2-8,10,12,21-22H,9,11H2,1H3. The van der Waals surface area contributed by atoms with E-state index in [0.29, 0.717) is 32.5 Å². The fourth-order valence-electron chi connectivity index (χ4n) is 2.76. The summed E-state index contributed by atoms with van der Waals surface area (Å²) in [6.07, 6.45) is 1.82. The number of aromatic nitrogens is 2. The first-order valence-electron chi connectivity index (χ1n) is 7.74. The molecule has 7 nitrogen and oxygen atoms in total. The molecular weight excluding hydrogens is 324 g/mol. The lowest BCUT2D eigenvalue weighted by molar-refractivity contribution is -0.593. The Kier molecular flexibility index (Phi) is 4.69. The minimum absolute atomic E-state index is 0.0734. The minimum atomic E-state index is -1.07. The number of aliphatic hydroxyl groups is 2. The molecule has 0 spiro atoms. The topological polar surface area (TPSA) is 98.6 Å². The van der Waals surface area contributed by atoms with Crippen LogP contribution >= 0.6 is 0 Å². The van der Waals surface area contributed by atoms with Crippen molar-refractivity contribution in [2.75, 3.05) is 13.7 Å². The Hall–Kier alpha value is -2.90. The molecule has 2 heterocycles. The maximum absolute atomic E-state index is 12.7. The van der Waals surface area contributed by atoms with Crippen molar-refractivity contribution in [3.63, 3.8) is 0 Å². The van der Waals surface area contributed by atoms with Crippen LogP contribution in [0.15, 0.2) is 53.6 Å². The van der Waals surface area contributed by atoms with E-state index in [4.69, 9.17) is 9.84 Å². The highest BCUT2D eigenvalue weighted by Gasteiger charge is 2.18. The highest BCUT2D eigenvalue weighted by Crippen LogP contribution is 2.27. The van der Waals surface area contributed by atoms with Crippen LogP contribution in [0, 0.1) is 5.21 Å². The molecule has 0 amide bonds. The van der Waals surface area contributed by atoms with Gasteiger partial charge in [0, 0.05) is 29.1 Å². The summed E-state index contributed by atoms with van der Waals surface area (Å²) in [6, 6.07) is 9.99. The first kappa shape index (κ1) is 16.9. The number of ether oxygens (including phenoxy) is 1. The van der Waals surface area contributed by atoms with Crippen LogP contribution in [0.25, 0.3) is 22.0 Å². The van der Waals surface area contributed by atoms with Crippen LogP contribution in [-0.4, -0.2) is 34.6 Å². The molecule has 1 aromatic carbocycles. The quantitative estimate of drug-likeness (QED) is 0.524. The highest BCUT2D eigenvalue weighted by atomic mass is 16.5. The summed E-state index contributed by atoms with van der Waals surface area (Å²) in [5, 5.41) is 31.9. The summed E-state index contributed by atoms with van der Waals surface area (Å²) in [4.78, 5) is 12.7. The molecule has 2 aromatic heterocycles. The second-order valence-electron chi connectivity index (χ2n) is 5.66. The number of pyridine rings is 2. The van der Waals surface area contributed by atoms with Crippen LogP contribution in [0.2, 0.25) is 0 Å². The zero-order chi connectivity index (χ0) is 18.0. The van der Waals surface area contributed by atoms with Gasteiger partial charge in [0.05, 0.1) is 31.9 Å². The largest absolute Gasteiger partial charge is 0.618 e. The molecule has 0 radical (unpaired) electrons. The van der Waals surface area contributed by atoms with Crippen LogP contribution in [0.3, 0.4) is 0 Å². The van der Waals surface area contributed by atoms with Crippen molar-refractivity contribution in [3.8, 4) is 17.0 Å². The molecule has 25 heavy (non-hydrogen) atoms. The van der Waals surface area contributed by atoms with Crippen molar-refractivity contribution in [1.82, 2.24) is 4.57 Å². The fourth-order valence-corrected chi connectivity index (χ4v) is 2.76. The van der Waals surface area contributed by atoms with E-state index in [9.17, 15) is 15.1 Å². The van der Waals surface area contributed by atoms with E-state index in [2.05, 4.69) is 0 Å². The molecule has 1 atom stereocenters. The monoisotopic (exact) mass is 342 g/mol. The van der Waals surface area contributed by atoms with E-state index in [1.165, 1.54) is 24.1 Å². The van der Waals surface area contributed by atoms with Crippen LogP contribution in [0.1, 0.15) is 0 Å². The number of benzene rings is 1. The van der Waals surface area contributed by atoms with Gasteiger partial charge in [-0.15, -0.1) is 0 Å². The highest BCUT2D eigenvalue weighted by molar-refractivity contribution is 5.95. The SMILES string of the molecule is COc1ccc2c(=O)n(CC(O)CO)cc(-c3cccc[n+]3[O-])c2c1. The molecule has 3 rings (SSSR count). The van der Waals surface area contributed by atoms with E-state index >= 15 is 0 Å². The van der Waals surface area contributed by atoms with Crippen molar-refractivity contribution in [2.45, 2.75) is 12.6 Å². The zero-order valence-electron chi connectivity index (χ0n) is 13.6. The van der Waals surface area contributed by atoms with Gasteiger partial charge in [0.25, 0.3) is 5.56 Å². The van der Waals surface area contributed by atoms with Gasteiger partial charge in [-0.2, -0.15) is 4.73 Å². The molecule has 3 aromatic rings. The fraction of sp³-hybridized carbons (Fsp3) is 0.222. The average Bonchev–Trinajstić information content (AvgIpc) is 2.64. The Morgan fingerprint density at radius 2 is 2.08 bits per heavy atom. The maximum atomic E-state index is 12.7. The van der Waals surface area contributed by atoms with Crippen molar-refractivity contribution in [3.05, 3.63) is 64.4 Å². The van der Waals surface area contributed by atoms with E-state index in [1.807, 2.05) is 0 Å². The van der Waals surface area contributed by atoms with Crippen molar-refractivity contribution < 1.29 is 19.7 Å². The summed E-state index contributed by atoms with van der Waals surface area (Å²) < 4.78 is 7.25. The third-order valence-electron chi connectivity index (χ3n) is 4.01. The second-order valence-corrected chi connectivity index (χ2v) is 5.66. The lowest BCUT2D eigenvalue weighted by Gasteiger charge is -2.15. The summed E-state index contributed by atoms with van der Waals surface area (Å²) in [5.74, 6) is 0.565. The van der Waals surface area contributed by atoms with Gasteiger partial charge in [0.2, 0.25) is 5.69 Å². The van der Waals surface area contributed by atoms with E-state index in [0.717, 1.165) is 0 Å². The number of hydrogen-bond donors (Lipinski definition) is 2. The molecule has 0 aliphatic heterocycles. The summed E-state index contributed by atoms with van der Waals surface area (Å²) in [7, 11) is 1.52. The average molecular weight is 342 g/mol. The van der Waals surface area contributed by atoms with Gasteiger partial charge in [-0.25, -0.2) is 0 Å². The molecular formula is C18H18N2O5. The van der Waals surface area contributed by atoms with Crippen LogP contribution in [-0.2, 0) is 6.54 Å². The van der Waals surface area contributed by atoms with Crippen molar-refractivity contribution in [1.29, 1.82) is 0 Å². The zero-order valence-corrected chi connectivity index (χ0v) is 13.6. The van der Waals surface area contributed by atoms with Crippen LogP contribution in [0.5, 0.6) is 5.75 Å². The maximum Gasteiger partial charge on any atom is 0.258 e. The minimum Gasteiger partial charge on any atom is -0.618 e. The molecule has 0 saturated carbocycles. The molecule has 1 unspecified atom stereocenters. The third kappa shape index (κ3) is 3.19. The first-order chi connectivity index (χ1) is 12.0. The molecule has 0 aliphatic rings. The van der Waals surface area contributed by atoms with Gasteiger partial charge in [0.1, 0.15) is 5.75 Å². The van der Waals surface area contributed by atoms with Crippen LogP contribution in [0.4, 0.5) is 0 Å². The predicted octanol–water partition coefficient (Wildman–Crippen LogP) is 0.664. The van der Waals surface area contributed by atoms with Crippen molar-refractivity contribution in [2.24, 2.45) is 0 Å². The van der Waals surface area contributed by atoms with Gasteiger partial charge >= 0.3 is 0 Å². The van der Waals surface area contributed by atoms with Gasteiger partial charge < -0.3 is 24.7 Å². The number of hydrogen-bond acceptors (Lipinski definition) is 5. The Balaban J connectivity index is 2.33. The molecule has 0 bridgehead atoms. The Morgan fingerprint density at radius 3 is 2.76 bits per heavy atom. The van der Waals surface area contributed by atoms with Gasteiger partial charge in [0.15, 0.2) is 6.20 Å². The second kappa shape index (κ2) is 6.92. The summed E-state index contributed by atoms with van der Waals surface area (Å²) in [6.45, 7) is -0.536. The molecule has 0 saturated heterocycles. The van der Waals surface area contributed by atoms with Gasteiger partial charge in [-0.05, 0) is 24.3 Å². The number of fused-ring (bicyclic) bond motifs is 1. The molecule has 130 valence electrons. The lowest BCUT2D eigenvalue weighted by atomic mass is 10.0. The number of methoxy groups -OCH3 is 1. The van der Waals surface area contributed by atoms with E-state index < -0.39 is 12.7 Å². The number of rotatable bonds is 5. The predicted molar refractivity (Wildman–Crippen MR) is 92.2 cm³/mol. The lowest BCUT2D eigenvalue weighted by Crippen LogP contribution is -2.31. The third-order valence-corrected chi connectivity index (χ3v) is 4.01. The van der Waals surface area contributed by atoms with Gasteiger partial charge in [-0.1, -0.05) is 0 Å².